The molecular formula is C18H29N3O2. The predicted octanol–water partition coefficient (Wildman–Crippen LogP) is 3.03. The van der Waals surface area contributed by atoms with Gasteiger partial charge in [0.2, 0.25) is 0 Å². The molecule has 2 heterocycles. The van der Waals surface area contributed by atoms with Crippen LogP contribution in [0.3, 0.4) is 0 Å². The van der Waals surface area contributed by atoms with E-state index in [2.05, 4.69) is 18.8 Å². The number of carbonyl (C=O) groups is 2. The molecule has 1 aromatic heterocycles. The van der Waals surface area contributed by atoms with Gasteiger partial charge in [-0.05, 0) is 50.0 Å². The number of piperidine rings is 1. The van der Waals surface area contributed by atoms with Gasteiger partial charge in [-0.25, -0.2) is 0 Å². The minimum absolute atomic E-state index is 0.00317. The van der Waals surface area contributed by atoms with Gasteiger partial charge in [0, 0.05) is 18.8 Å². The lowest BCUT2D eigenvalue weighted by Crippen LogP contribution is -2.46. The Labute approximate surface area is 138 Å². The lowest BCUT2D eigenvalue weighted by Gasteiger charge is -2.42. The van der Waals surface area contributed by atoms with Gasteiger partial charge in [-0.2, -0.15) is 0 Å². The van der Waals surface area contributed by atoms with Gasteiger partial charge >= 0.3 is 0 Å². The molecule has 1 fully saturated rings. The number of primary amides is 1. The first-order valence-corrected chi connectivity index (χ1v) is 8.69. The molecule has 128 valence electrons. The van der Waals surface area contributed by atoms with Gasteiger partial charge in [-0.3, -0.25) is 9.59 Å². The third kappa shape index (κ3) is 3.14. The number of hydrogen-bond acceptors (Lipinski definition) is 2. The molecule has 1 saturated heterocycles. The average Bonchev–Trinajstić information content (AvgIpc) is 2.90. The van der Waals surface area contributed by atoms with Crippen LogP contribution in [0.15, 0.2) is 0 Å². The number of carbonyl (C=O) groups excluding carboxylic acids is 2. The topological polar surface area (TPSA) is 79.2 Å². The first kappa shape index (κ1) is 17.6. The molecule has 0 atom stereocenters. The summed E-state index contributed by atoms with van der Waals surface area (Å²) in [5.74, 6) is -0.465. The van der Waals surface area contributed by atoms with Crippen LogP contribution in [0.5, 0.6) is 0 Å². The van der Waals surface area contributed by atoms with E-state index in [9.17, 15) is 9.59 Å². The van der Waals surface area contributed by atoms with E-state index in [0.717, 1.165) is 37.9 Å². The molecule has 5 nitrogen and oxygen atoms in total. The second kappa shape index (κ2) is 6.77. The standard InChI is InChI=1S/C18H29N3O2/c1-5-13-14(16(19)22)12(4)20-15(13)17(23)21-10-8-9-18(6-2,7-3)11-21/h20H,5-11H2,1-4H3,(H2,19,22). The number of aromatic amines is 1. The SMILES string of the molecule is CCc1c(C(=O)N2CCCC(CC)(CC)C2)[nH]c(C)c1C(N)=O. The molecule has 5 heteroatoms. The van der Waals surface area contributed by atoms with Crippen LogP contribution in [0.1, 0.15) is 78.6 Å². The first-order chi connectivity index (χ1) is 10.9. The molecule has 1 aliphatic rings. The summed E-state index contributed by atoms with van der Waals surface area (Å²) in [7, 11) is 0. The van der Waals surface area contributed by atoms with Gasteiger partial charge in [-0.15, -0.1) is 0 Å². The van der Waals surface area contributed by atoms with Crippen molar-refractivity contribution in [2.75, 3.05) is 13.1 Å². The van der Waals surface area contributed by atoms with Gasteiger partial charge in [0.1, 0.15) is 5.69 Å². The summed E-state index contributed by atoms with van der Waals surface area (Å²) in [6.07, 6.45) is 5.01. The van der Waals surface area contributed by atoms with Crippen molar-refractivity contribution in [3.05, 3.63) is 22.5 Å². The van der Waals surface area contributed by atoms with E-state index in [1.807, 2.05) is 11.8 Å². The molecule has 0 aromatic carbocycles. The number of amides is 2. The second-order valence-corrected chi connectivity index (χ2v) is 6.73. The van der Waals surface area contributed by atoms with E-state index in [0.29, 0.717) is 23.4 Å². The van der Waals surface area contributed by atoms with Crippen LogP contribution in [0.2, 0.25) is 0 Å². The Morgan fingerprint density at radius 2 is 1.91 bits per heavy atom. The molecule has 0 saturated carbocycles. The van der Waals surface area contributed by atoms with Gasteiger partial charge in [-0.1, -0.05) is 20.8 Å². The van der Waals surface area contributed by atoms with Crippen molar-refractivity contribution in [2.24, 2.45) is 11.1 Å². The molecule has 0 bridgehead atoms. The zero-order valence-corrected chi connectivity index (χ0v) is 14.8. The molecule has 0 spiro atoms. The van der Waals surface area contributed by atoms with Crippen molar-refractivity contribution < 1.29 is 9.59 Å². The van der Waals surface area contributed by atoms with Crippen molar-refractivity contribution in [2.45, 2.75) is 59.8 Å². The lowest BCUT2D eigenvalue weighted by atomic mass is 9.75. The van der Waals surface area contributed by atoms with Gasteiger partial charge < -0.3 is 15.6 Å². The highest BCUT2D eigenvalue weighted by Crippen LogP contribution is 2.37. The second-order valence-electron chi connectivity index (χ2n) is 6.73. The Balaban J connectivity index is 2.34. The summed E-state index contributed by atoms with van der Waals surface area (Å²) in [4.78, 5) is 29.8. The Bertz CT molecular complexity index is 600. The minimum atomic E-state index is -0.468. The molecule has 3 N–H and O–H groups in total. The van der Waals surface area contributed by atoms with Gasteiger partial charge in [0.25, 0.3) is 11.8 Å². The third-order valence-corrected chi connectivity index (χ3v) is 5.55. The van der Waals surface area contributed by atoms with Crippen molar-refractivity contribution in [3.63, 3.8) is 0 Å². The summed E-state index contributed by atoms with van der Waals surface area (Å²) in [5, 5.41) is 0. The van der Waals surface area contributed by atoms with Crippen LogP contribution in [-0.2, 0) is 6.42 Å². The molecule has 2 rings (SSSR count). The largest absolute Gasteiger partial charge is 0.366 e. The van der Waals surface area contributed by atoms with Crippen molar-refractivity contribution in [3.8, 4) is 0 Å². The van der Waals surface area contributed by atoms with Crippen LogP contribution < -0.4 is 5.73 Å². The highest BCUT2D eigenvalue weighted by Gasteiger charge is 2.35. The monoisotopic (exact) mass is 319 g/mol. The smallest absolute Gasteiger partial charge is 0.270 e. The molecular weight excluding hydrogens is 290 g/mol. The molecule has 1 aromatic rings. The third-order valence-electron chi connectivity index (χ3n) is 5.55. The maximum atomic E-state index is 13.0. The van der Waals surface area contributed by atoms with Crippen LogP contribution >= 0.6 is 0 Å². The number of rotatable bonds is 5. The Hall–Kier alpha value is -1.78. The Morgan fingerprint density at radius 1 is 1.26 bits per heavy atom. The fourth-order valence-electron chi connectivity index (χ4n) is 3.91. The van der Waals surface area contributed by atoms with E-state index in [-0.39, 0.29) is 11.3 Å². The summed E-state index contributed by atoms with van der Waals surface area (Å²) >= 11 is 0. The number of nitrogens with two attached hydrogens (primary N) is 1. The number of aryl methyl sites for hydroxylation is 1. The number of likely N-dealkylation sites (tertiary alicyclic amines) is 1. The highest BCUT2D eigenvalue weighted by atomic mass is 16.2. The van der Waals surface area contributed by atoms with Gasteiger partial charge in [0.15, 0.2) is 0 Å². The fraction of sp³-hybridized carbons (Fsp3) is 0.667. The number of hydrogen-bond donors (Lipinski definition) is 2. The van der Waals surface area contributed by atoms with E-state index < -0.39 is 5.91 Å². The highest BCUT2D eigenvalue weighted by molar-refractivity contribution is 6.02. The van der Waals surface area contributed by atoms with E-state index >= 15 is 0 Å². The van der Waals surface area contributed by atoms with Crippen molar-refractivity contribution in [1.82, 2.24) is 9.88 Å². The molecule has 2 amide bonds. The zero-order valence-electron chi connectivity index (χ0n) is 14.8. The van der Waals surface area contributed by atoms with Crippen LogP contribution in [-0.4, -0.2) is 34.8 Å². The summed E-state index contributed by atoms with van der Waals surface area (Å²) in [5.41, 5.74) is 8.18. The predicted molar refractivity (Wildman–Crippen MR) is 91.6 cm³/mol. The Kier molecular flexibility index (Phi) is 5.17. The Morgan fingerprint density at radius 3 is 2.43 bits per heavy atom. The van der Waals surface area contributed by atoms with Crippen LogP contribution in [0, 0.1) is 12.3 Å². The maximum Gasteiger partial charge on any atom is 0.270 e. The van der Waals surface area contributed by atoms with Crippen LogP contribution in [0.4, 0.5) is 0 Å². The number of nitrogens with one attached hydrogen (secondary N) is 1. The van der Waals surface area contributed by atoms with Crippen molar-refractivity contribution >= 4 is 11.8 Å². The number of aromatic nitrogens is 1. The normalized spacial score (nSPS) is 17.3. The summed E-state index contributed by atoms with van der Waals surface area (Å²) in [6, 6.07) is 0. The quantitative estimate of drug-likeness (QED) is 0.875. The molecule has 0 aliphatic carbocycles. The first-order valence-electron chi connectivity index (χ1n) is 8.69. The fourth-order valence-corrected chi connectivity index (χ4v) is 3.91. The number of nitrogens with zero attached hydrogens (tertiary/aromatic N) is 1. The number of H-pyrrole nitrogens is 1. The lowest BCUT2D eigenvalue weighted by molar-refractivity contribution is 0.0482. The summed E-state index contributed by atoms with van der Waals surface area (Å²) in [6.45, 7) is 9.75. The van der Waals surface area contributed by atoms with E-state index in [4.69, 9.17) is 5.73 Å². The van der Waals surface area contributed by atoms with Gasteiger partial charge in [0.05, 0.1) is 5.56 Å². The molecule has 23 heavy (non-hydrogen) atoms. The molecule has 0 unspecified atom stereocenters. The van der Waals surface area contributed by atoms with Crippen LogP contribution in [0.25, 0.3) is 0 Å². The van der Waals surface area contributed by atoms with Crippen molar-refractivity contribution in [1.29, 1.82) is 0 Å². The van der Waals surface area contributed by atoms with E-state index in [1.165, 1.54) is 6.42 Å². The molecule has 1 aliphatic heterocycles. The minimum Gasteiger partial charge on any atom is -0.366 e. The average molecular weight is 319 g/mol. The maximum absolute atomic E-state index is 13.0. The zero-order chi connectivity index (χ0) is 17.2. The van der Waals surface area contributed by atoms with E-state index in [1.54, 1.807) is 6.92 Å². The summed E-state index contributed by atoms with van der Waals surface area (Å²) < 4.78 is 0. The molecule has 0 radical (unpaired) electrons.